The molecule has 0 spiro atoms. The Morgan fingerprint density at radius 3 is 2.56 bits per heavy atom. The molecule has 98 valence electrons. The molecule has 0 saturated carbocycles. The molecule has 18 heavy (non-hydrogen) atoms. The first kappa shape index (κ1) is 14.9. The third-order valence-electron chi connectivity index (χ3n) is 2.39. The maximum atomic E-state index is 12.0. The van der Waals surface area contributed by atoms with Gasteiger partial charge in [0.2, 0.25) is 0 Å². The summed E-state index contributed by atoms with van der Waals surface area (Å²) in [7, 11) is 1.50. The van der Waals surface area contributed by atoms with Gasteiger partial charge in [0, 0.05) is 3.57 Å². The molecule has 0 aliphatic heterocycles. The third-order valence-corrected chi connectivity index (χ3v) is 3.55. The largest absolute Gasteiger partial charge is 0.496 e. The second kappa shape index (κ2) is 6.72. The van der Waals surface area contributed by atoms with Crippen LogP contribution in [-0.2, 0) is 9.53 Å². The van der Waals surface area contributed by atoms with Gasteiger partial charge in [-0.1, -0.05) is 0 Å². The van der Waals surface area contributed by atoms with E-state index in [2.05, 4.69) is 22.6 Å². The molecule has 0 fully saturated rings. The van der Waals surface area contributed by atoms with Gasteiger partial charge in [0.25, 0.3) is 0 Å². The Morgan fingerprint density at radius 2 is 2.00 bits per heavy atom. The molecule has 1 aromatic rings. The van der Waals surface area contributed by atoms with Crippen LogP contribution in [0, 0.1) is 10.5 Å². The lowest BCUT2D eigenvalue weighted by molar-refractivity contribution is -0.141. The molecule has 0 saturated heterocycles. The SMILES string of the molecule is CCOC(=O)CC(=O)c1cc(I)c(C)cc1OC. The number of Topliss-reactive ketones (excluding diaryl/α,β-unsaturated/α-hetero) is 1. The Balaban J connectivity index is 2.98. The summed E-state index contributed by atoms with van der Waals surface area (Å²) in [5.74, 6) is -0.314. The predicted molar refractivity (Wildman–Crippen MR) is 76.0 cm³/mol. The van der Waals surface area contributed by atoms with Gasteiger partial charge in [0.1, 0.15) is 12.2 Å². The monoisotopic (exact) mass is 362 g/mol. The molecule has 0 radical (unpaired) electrons. The van der Waals surface area contributed by atoms with E-state index < -0.39 is 5.97 Å². The van der Waals surface area contributed by atoms with Crippen LogP contribution in [0.2, 0.25) is 0 Å². The van der Waals surface area contributed by atoms with Crippen molar-refractivity contribution in [3.63, 3.8) is 0 Å². The Kier molecular flexibility index (Phi) is 5.58. The van der Waals surface area contributed by atoms with E-state index in [4.69, 9.17) is 9.47 Å². The lowest BCUT2D eigenvalue weighted by Crippen LogP contribution is -2.12. The summed E-state index contributed by atoms with van der Waals surface area (Å²) in [5.41, 5.74) is 1.45. The fourth-order valence-electron chi connectivity index (χ4n) is 1.48. The zero-order chi connectivity index (χ0) is 13.7. The summed E-state index contributed by atoms with van der Waals surface area (Å²) in [4.78, 5) is 23.3. The average molecular weight is 362 g/mol. The van der Waals surface area contributed by atoms with Crippen LogP contribution in [0.25, 0.3) is 0 Å². The molecule has 0 aliphatic rings. The van der Waals surface area contributed by atoms with Crippen molar-refractivity contribution in [1.82, 2.24) is 0 Å². The van der Waals surface area contributed by atoms with Crippen molar-refractivity contribution in [2.24, 2.45) is 0 Å². The quantitative estimate of drug-likeness (QED) is 0.350. The van der Waals surface area contributed by atoms with Crippen molar-refractivity contribution in [3.8, 4) is 5.75 Å². The van der Waals surface area contributed by atoms with E-state index in [1.54, 1.807) is 19.1 Å². The number of ketones is 1. The van der Waals surface area contributed by atoms with E-state index in [1.807, 2.05) is 6.92 Å². The number of hydrogen-bond donors (Lipinski definition) is 0. The number of esters is 1. The normalized spacial score (nSPS) is 10.0. The summed E-state index contributed by atoms with van der Waals surface area (Å²) < 4.78 is 10.9. The molecule has 0 unspecified atom stereocenters. The summed E-state index contributed by atoms with van der Waals surface area (Å²) >= 11 is 2.14. The van der Waals surface area contributed by atoms with E-state index in [1.165, 1.54) is 7.11 Å². The zero-order valence-corrected chi connectivity index (χ0v) is 12.7. The van der Waals surface area contributed by atoms with E-state index in [9.17, 15) is 9.59 Å². The first-order chi connectivity index (χ1) is 8.49. The van der Waals surface area contributed by atoms with Crippen molar-refractivity contribution in [1.29, 1.82) is 0 Å². The number of carbonyl (C=O) groups excluding carboxylic acids is 2. The van der Waals surface area contributed by atoms with E-state index in [-0.39, 0.29) is 18.8 Å². The summed E-state index contributed by atoms with van der Waals surface area (Å²) in [6, 6.07) is 3.52. The molecule has 1 aromatic carbocycles. The highest BCUT2D eigenvalue weighted by Crippen LogP contribution is 2.25. The van der Waals surface area contributed by atoms with Gasteiger partial charge in [0.05, 0.1) is 19.3 Å². The van der Waals surface area contributed by atoms with Gasteiger partial charge in [-0.3, -0.25) is 9.59 Å². The number of rotatable bonds is 5. The van der Waals surface area contributed by atoms with Gasteiger partial charge in [-0.2, -0.15) is 0 Å². The van der Waals surface area contributed by atoms with Crippen molar-refractivity contribution < 1.29 is 19.1 Å². The molecular formula is C13H15IO4. The van der Waals surface area contributed by atoms with Crippen molar-refractivity contribution in [3.05, 3.63) is 26.8 Å². The van der Waals surface area contributed by atoms with Crippen LogP contribution >= 0.6 is 22.6 Å². The van der Waals surface area contributed by atoms with E-state index >= 15 is 0 Å². The van der Waals surface area contributed by atoms with Crippen LogP contribution in [0.4, 0.5) is 0 Å². The first-order valence-electron chi connectivity index (χ1n) is 5.52. The average Bonchev–Trinajstić information content (AvgIpc) is 2.32. The predicted octanol–water partition coefficient (Wildman–Crippen LogP) is 2.74. The van der Waals surface area contributed by atoms with Gasteiger partial charge in [-0.05, 0) is 54.1 Å². The highest BCUT2D eigenvalue weighted by molar-refractivity contribution is 14.1. The Bertz CT molecular complexity index is 468. The van der Waals surface area contributed by atoms with Gasteiger partial charge in [-0.15, -0.1) is 0 Å². The molecule has 0 aliphatic carbocycles. The summed E-state index contributed by atoms with van der Waals surface area (Å²) in [6.07, 6.45) is -0.261. The van der Waals surface area contributed by atoms with Crippen molar-refractivity contribution in [2.75, 3.05) is 13.7 Å². The maximum Gasteiger partial charge on any atom is 0.313 e. The molecule has 4 nitrogen and oxygen atoms in total. The molecule has 1 rings (SSSR count). The number of methoxy groups -OCH3 is 1. The minimum absolute atomic E-state index is 0.261. The third kappa shape index (κ3) is 3.69. The van der Waals surface area contributed by atoms with Crippen LogP contribution in [0.15, 0.2) is 12.1 Å². The highest BCUT2D eigenvalue weighted by Gasteiger charge is 2.18. The number of halogens is 1. The smallest absolute Gasteiger partial charge is 0.313 e. The minimum Gasteiger partial charge on any atom is -0.496 e. The van der Waals surface area contributed by atoms with Crippen LogP contribution in [0.3, 0.4) is 0 Å². The second-order valence-electron chi connectivity index (χ2n) is 3.71. The lowest BCUT2D eigenvalue weighted by Gasteiger charge is -2.10. The summed E-state index contributed by atoms with van der Waals surface area (Å²) in [6.45, 7) is 3.91. The minimum atomic E-state index is -0.514. The van der Waals surface area contributed by atoms with Crippen LogP contribution in [-0.4, -0.2) is 25.5 Å². The number of aryl methyl sites for hydroxylation is 1. The van der Waals surface area contributed by atoms with Gasteiger partial charge < -0.3 is 9.47 Å². The second-order valence-corrected chi connectivity index (χ2v) is 4.87. The maximum absolute atomic E-state index is 12.0. The van der Waals surface area contributed by atoms with Gasteiger partial charge >= 0.3 is 5.97 Å². The molecule has 0 atom stereocenters. The van der Waals surface area contributed by atoms with E-state index in [0.717, 1.165) is 9.13 Å². The molecule has 5 heteroatoms. The zero-order valence-electron chi connectivity index (χ0n) is 10.6. The molecule has 0 N–H and O–H groups in total. The highest BCUT2D eigenvalue weighted by atomic mass is 127. The number of carbonyl (C=O) groups is 2. The fraction of sp³-hybridized carbons (Fsp3) is 0.385. The standard InChI is InChI=1S/C13H15IO4/c1-4-18-13(16)7-11(15)9-6-10(14)8(2)5-12(9)17-3/h5-6H,4,7H2,1-3H3. The number of ether oxygens (including phenoxy) is 2. The van der Waals surface area contributed by atoms with E-state index in [0.29, 0.717) is 11.3 Å². The van der Waals surface area contributed by atoms with Gasteiger partial charge in [-0.25, -0.2) is 0 Å². The topological polar surface area (TPSA) is 52.6 Å². The summed E-state index contributed by atoms with van der Waals surface area (Å²) in [5, 5.41) is 0. The first-order valence-corrected chi connectivity index (χ1v) is 6.60. The van der Waals surface area contributed by atoms with Crippen LogP contribution in [0.1, 0.15) is 29.3 Å². The Hall–Kier alpha value is -1.11. The molecule has 0 aromatic heterocycles. The molecule has 0 bridgehead atoms. The number of benzene rings is 1. The lowest BCUT2D eigenvalue weighted by atomic mass is 10.1. The van der Waals surface area contributed by atoms with Crippen molar-refractivity contribution >= 4 is 34.3 Å². The van der Waals surface area contributed by atoms with Crippen LogP contribution in [0.5, 0.6) is 5.75 Å². The molecular weight excluding hydrogens is 347 g/mol. The molecule has 0 amide bonds. The Labute approximate surface area is 120 Å². The van der Waals surface area contributed by atoms with Gasteiger partial charge in [0.15, 0.2) is 5.78 Å². The van der Waals surface area contributed by atoms with Crippen LogP contribution < -0.4 is 4.74 Å². The number of hydrogen-bond acceptors (Lipinski definition) is 4. The fourth-order valence-corrected chi connectivity index (χ4v) is 1.95. The Morgan fingerprint density at radius 1 is 1.33 bits per heavy atom. The van der Waals surface area contributed by atoms with Crippen molar-refractivity contribution in [2.45, 2.75) is 20.3 Å². The molecule has 0 heterocycles.